The van der Waals surface area contributed by atoms with Gasteiger partial charge in [-0.3, -0.25) is 4.90 Å². The van der Waals surface area contributed by atoms with Crippen LogP contribution in [0.4, 0.5) is 10.5 Å². The molecule has 0 bridgehead atoms. The van der Waals surface area contributed by atoms with Gasteiger partial charge in [-0.15, -0.1) is 4.74 Å². The maximum atomic E-state index is 14.0. The number of methoxy groups -OCH3 is 1. The summed E-state index contributed by atoms with van der Waals surface area (Å²) in [6.45, 7) is 3.93. The number of hydrogen-bond acceptors (Lipinski definition) is 5. The Kier molecular flexibility index (Phi) is 5.75. The van der Waals surface area contributed by atoms with Crippen LogP contribution in [0.25, 0.3) is 5.69 Å². The molecule has 1 atom stereocenters. The van der Waals surface area contributed by atoms with E-state index in [1.165, 1.54) is 4.90 Å². The fourth-order valence-electron chi connectivity index (χ4n) is 4.73. The molecule has 3 aromatic carbocycles. The SMILES string of the molecule is COc1ccccc1CN1C(=O)N(c2ccccc2)[C@@H](n2oc(=O)n(-c3ccccc3)c2=O)C1(C)C. The van der Waals surface area contributed by atoms with Crippen molar-refractivity contribution in [2.75, 3.05) is 12.0 Å². The molecule has 1 fully saturated rings. The first-order valence-corrected chi connectivity index (χ1v) is 11.5. The highest BCUT2D eigenvalue weighted by Gasteiger charge is 2.55. The number of carbonyl (C=O) groups is 1. The van der Waals surface area contributed by atoms with E-state index in [0.29, 0.717) is 17.1 Å². The molecule has 0 saturated carbocycles. The van der Waals surface area contributed by atoms with Crippen LogP contribution >= 0.6 is 0 Å². The van der Waals surface area contributed by atoms with E-state index < -0.39 is 23.2 Å². The fourth-order valence-corrected chi connectivity index (χ4v) is 4.73. The Morgan fingerprint density at radius 1 is 0.833 bits per heavy atom. The molecule has 2 heterocycles. The summed E-state index contributed by atoms with van der Waals surface area (Å²) in [7, 11) is 1.58. The van der Waals surface area contributed by atoms with Crippen LogP contribution in [0.5, 0.6) is 5.75 Å². The number of aromatic nitrogens is 2. The first-order valence-electron chi connectivity index (χ1n) is 11.5. The zero-order chi connectivity index (χ0) is 25.4. The van der Waals surface area contributed by atoms with Crippen LogP contribution in [0.2, 0.25) is 0 Å². The molecule has 184 valence electrons. The van der Waals surface area contributed by atoms with Crippen molar-refractivity contribution in [3.63, 3.8) is 0 Å². The molecular formula is C27H26N4O5. The average Bonchev–Trinajstić information content (AvgIpc) is 3.28. The van der Waals surface area contributed by atoms with Gasteiger partial charge in [0.1, 0.15) is 5.75 Å². The monoisotopic (exact) mass is 486 g/mol. The minimum Gasteiger partial charge on any atom is -0.496 e. The number of carbonyl (C=O) groups excluding carboxylic acids is 1. The van der Waals surface area contributed by atoms with Gasteiger partial charge in [0.15, 0.2) is 6.17 Å². The molecule has 1 aliphatic rings. The second kappa shape index (κ2) is 8.92. The number of urea groups is 1. The van der Waals surface area contributed by atoms with Crippen molar-refractivity contribution in [2.24, 2.45) is 0 Å². The van der Waals surface area contributed by atoms with Gasteiger partial charge in [0.25, 0.3) is 0 Å². The lowest BCUT2D eigenvalue weighted by Gasteiger charge is -2.34. The van der Waals surface area contributed by atoms with E-state index in [4.69, 9.17) is 9.26 Å². The highest BCUT2D eigenvalue weighted by Crippen LogP contribution is 2.43. The quantitative estimate of drug-likeness (QED) is 0.411. The van der Waals surface area contributed by atoms with E-state index in [1.54, 1.807) is 54.5 Å². The molecule has 0 unspecified atom stereocenters. The zero-order valence-electron chi connectivity index (χ0n) is 20.2. The number of anilines is 1. The molecule has 5 rings (SSSR count). The molecule has 0 radical (unpaired) electrons. The van der Waals surface area contributed by atoms with Crippen molar-refractivity contribution in [3.05, 3.63) is 112 Å². The number of nitrogens with zero attached hydrogens (tertiary/aromatic N) is 4. The van der Waals surface area contributed by atoms with Gasteiger partial charge >= 0.3 is 17.5 Å². The molecule has 1 aliphatic heterocycles. The lowest BCUT2D eigenvalue weighted by atomic mass is 9.99. The van der Waals surface area contributed by atoms with Crippen LogP contribution in [0, 0.1) is 0 Å². The van der Waals surface area contributed by atoms with Gasteiger partial charge in [-0.25, -0.2) is 14.4 Å². The summed E-state index contributed by atoms with van der Waals surface area (Å²) in [5.74, 6) is -0.180. The van der Waals surface area contributed by atoms with Crippen LogP contribution < -0.4 is 21.1 Å². The van der Waals surface area contributed by atoms with Crippen LogP contribution in [0.3, 0.4) is 0 Å². The molecule has 4 aromatic rings. The Balaban J connectivity index is 1.67. The fraction of sp³-hybridized carbons (Fsp3) is 0.222. The van der Waals surface area contributed by atoms with E-state index in [0.717, 1.165) is 14.9 Å². The molecule has 0 N–H and O–H groups in total. The summed E-state index contributed by atoms with van der Waals surface area (Å²) in [6.07, 6.45) is -0.938. The second-order valence-corrected chi connectivity index (χ2v) is 9.05. The minimum absolute atomic E-state index is 0.230. The first kappa shape index (κ1) is 23.2. The van der Waals surface area contributed by atoms with Gasteiger partial charge in [-0.1, -0.05) is 54.6 Å². The molecule has 9 nitrogen and oxygen atoms in total. The van der Waals surface area contributed by atoms with Crippen LogP contribution in [0.1, 0.15) is 25.6 Å². The maximum Gasteiger partial charge on any atom is 0.447 e. The maximum absolute atomic E-state index is 14.0. The first-order chi connectivity index (χ1) is 17.3. The largest absolute Gasteiger partial charge is 0.496 e. The lowest BCUT2D eigenvalue weighted by Crippen LogP contribution is -2.46. The summed E-state index contributed by atoms with van der Waals surface area (Å²) >= 11 is 0. The molecule has 1 saturated heterocycles. The number of hydrogen-bond donors (Lipinski definition) is 0. The van der Waals surface area contributed by atoms with Crippen molar-refractivity contribution in [3.8, 4) is 11.4 Å². The van der Waals surface area contributed by atoms with Gasteiger partial charge in [0.05, 0.1) is 24.9 Å². The third kappa shape index (κ3) is 3.69. The van der Waals surface area contributed by atoms with Crippen molar-refractivity contribution < 1.29 is 14.1 Å². The summed E-state index contributed by atoms with van der Waals surface area (Å²) in [5.41, 5.74) is 0.137. The Morgan fingerprint density at radius 2 is 1.42 bits per heavy atom. The Hall–Kier alpha value is -4.53. The Morgan fingerprint density at radius 3 is 2.06 bits per heavy atom. The van der Waals surface area contributed by atoms with E-state index in [2.05, 4.69) is 0 Å². The zero-order valence-corrected chi connectivity index (χ0v) is 20.2. The van der Waals surface area contributed by atoms with E-state index in [9.17, 15) is 14.4 Å². The third-order valence-corrected chi connectivity index (χ3v) is 6.54. The number of rotatable bonds is 6. The number of ether oxygens (including phenoxy) is 1. The highest BCUT2D eigenvalue weighted by molar-refractivity contribution is 5.95. The van der Waals surface area contributed by atoms with Gasteiger partial charge in [-0.2, -0.15) is 4.57 Å². The number of benzene rings is 3. The average molecular weight is 487 g/mol. The summed E-state index contributed by atoms with van der Waals surface area (Å²) in [4.78, 5) is 43.5. The minimum atomic E-state index is -0.962. The van der Waals surface area contributed by atoms with Crippen molar-refractivity contribution in [1.29, 1.82) is 0 Å². The van der Waals surface area contributed by atoms with Crippen molar-refractivity contribution in [2.45, 2.75) is 32.1 Å². The van der Waals surface area contributed by atoms with E-state index >= 15 is 0 Å². The third-order valence-electron chi connectivity index (χ3n) is 6.54. The van der Waals surface area contributed by atoms with Gasteiger partial charge in [-0.05, 0) is 44.2 Å². The van der Waals surface area contributed by atoms with Gasteiger partial charge in [0, 0.05) is 11.3 Å². The Bertz CT molecular complexity index is 1500. The number of para-hydroxylation sites is 3. The van der Waals surface area contributed by atoms with E-state index in [-0.39, 0.29) is 12.6 Å². The van der Waals surface area contributed by atoms with Gasteiger partial charge in [0.2, 0.25) is 0 Å². The van der Waals surface area contributed by atoms with Crippen LogP contribution in [-0.2, 0) is 6.54 Å². The Labute approximate surface area is 207 Å². The number of amides is 2. The van der Waals surface area contributed by atoms with Crippen LogP contribution in [0.15, 0.2) is 99.0 Å². The molecule has 0 aliphatic carbocycles. The van der Waals surface area contributed by atoms with Gasteiger partial charge < -0.3 is 14.2 Å². The summed E-state index contributed by atoms with van der Waals surface area (Å²) < 4.78 is 13.0. The molecule has 36 heavy (non-hydrogen) atoms. The summed E-state index contributed by atoms with van der Waals surface area (Å²) in [5, 5.41) is 0. The molecule has 9 heteroatoms. The smallest absolute Gasteiger partial charge is 0.447 e. The topological polar surface area (TPSA) is 89.9 Å². The van der Waals surface area contributed by atoms with E-state index in [1.807, 2.05) is 56.3 Å². The standard InChI is InChI=1S/C27H26N4O5/c1-27(2)23(31-25(33)30(26(34)36-31)21-15-8-5-9-16-21)29(20-13-6-4-7-14-20)24(32)28(27)18-19-12-10-11-17-22(19)35-3/h4-17,23H,18H2,1-3H3/t23-/m0/s1. The van der Waals surface area contributed by atoms with Crippen molar-refractivity contribution >= 4 is 11.7 Å². The molecule has 2 amide bonds. The predicted molar refractivity (Wildman–Crippen MR) is 135 cm³/mol. The molecule has 1 aromatic heterocycles. The molecule has 0 spiro atoms. The second-order valence-electron chi connectivity index (χ2n) is 9.05. The highest BCUT2D eigenvalue weighted by atomic mass is 16.5. The van der Waals surface area contributed by atoms with Crippen LogP contribution in [-0.4, -0.2) is 32.9 Å². The normalized spacial score (nSPS) is 17.0. The van der Waals surface area contributed by atoms with Crippen molar-refractivity contribution in [1.82, 2.24) is 14.2 Å². The predicted octanol–water partition coefficient (Wildman–Crippen LogP) is 4.02. The lowest BCUT2D eigenvalue weighted by molar-refractivity contribution is 0.0927. The summed E-state index contributed by atoms with van der Waals surface area (Å²) in [6, 6.07) is 24.7. The molecular weight excluding hydrogens is 460 g/mol.